The number of piperidine rings is 1. The minimum Gasteiger partial charge on any atom is -0.450 e. The molecule has 6 nitrogen and oxygen atoms in total. The Hall–Kier alpha value is -1.47. The summed E-state index contributed by atoms with van der Waals surface area (Å²) >= 11 is 9.60. The van der Waals surface area contributed by atoms with Crippen molar-refractivity contribution in [1.82, 2.24) is 15.5 Å². The highest BCUT2D eigenvalue weighted by molar-refractivity contribution is 9.10. The van der Waals surface area contributed by atoms with Crippen molar-refractivity contribution in [1.29, 1.82) is 0 Å². The van der Waals surface area contributed by atoms with Crippen LogP contribution < -0.4 is 10.6 Å². The van der Waals surface area contributed by atoms with E-state index < -0.39 is 0 Å². The van der Waals surface area contributed by atoms with Gasteiger partial charge in [-0.2, -0.15) is 0 Å². The van der Waals surface area contributed by atoms with Gasteiger partial charge in [-0.25, -0.2) is 4.79 Å². The third-order valence-electron chi connectivity index (χ3n) is 4.28. The Kier molecular flexibility index (Phi) is 8.51. The first-order valence-corrected chi connectivity index (χ1v) is 10.0. The van der Waals surface area contributed by atoms with Gasteiger partial charge in [0, 0.05) is 42.2 Å². The fourth-order valence-electron chi connectivity index (χ4n) is 2.86. The van der Waals surface area contributed by atoms with Crippen LogP contribution in [0.5, 0.6) is 0 Å². The molecule has 0 aromatic heterocycles. The fraction of sp³-hybridized carbons (Fsp3) is 0.556. The third-order valence-corrected chi connectivity index (χ3v) is 5.29. The average molecular weight is 446 g/mol. The van der Waals surface area contributed by atoms with E-state index in [-0.39, 0.29) is 6.09 Å². The summed E-state index contributed by atoms with van der Waals surface area (Å²) < 4.78 is 6.10. The second kappa shape index (κ2) is 10.6. The van der Waals surface area contributed by atoms with Gasteiger partial charge in [0.25, 0.3) is 0 Å². The number of amides is 1. The number of hydrogen-bond donors (Lipinski definition) is 2. The molecule has 0 aliphatic carbocycles. The van der Waals surface area contributed by atoms with E-state index in [1.54, 1.807) is 11.9 Å². The highest BCUT2D eigenvalue weighted by atomic mass is 79.9. The molecule has 1 aliphatic heterocycles. The van der Waals surface area contributed by atoms with E-state index in [1.807, 2.05) is 25.1 Å². The Bertz CT molecular complexity index is 634. The third kappa shape index (κ3) is 6.36. The summed E-state index contributed by atoms with van der Waals surface area (Å²) in [6.07, 6.45) is 2.36. The maximum Gasteiger partial charge on any atom is 0.409 e. The number of nitrogens with zero attached hydrogens (tertiary/aromatic N) is 2. The van der Waals surface area contributed by atoms with Crippen LogP contribution in [0.15, 0.2) is 27.7 Å². The van der Waals surface area contributed by atoms with Crippen LogP contribution in [0.25, 0.3) is 0 Å². The molecule has 0 bridgehead atoms. The summed E-state index contributed by atoms with van der Waals surface area (Å²) in [4.78, 5) is 17.8. The minimum absolute atomic E-state index is 0.222. The van der Waals surface area contributed by atoms with Crippen LogP contribution in [0.2, 0.25) is 5.02 Å². The molecule has 8 heteroatoms. The quantitative estimate of drug-likeness (QED) is 0.538. The molecule has 144 valence electrons. The standard InChI is InChI=1S/C18H26BrClN4O2/c1-3-26-18(25)24-10-7-15(8-11-24)23-17(21-2)22-9-6-13-12-14(20)4-5-16(13)19/h4-5,12,15H,3,6-11H2,1-2H3,(H2,21,22,23). The molecule has 0 atom stereocenters. The maximum atomic E-state index is 11.7. The van der Waals surface area contributed by atoms with Crippen molar-refractivity contribution in [2.24, 2.45) is 4.99 Å². The van der Waals surface area contributed by atoms with Gasteiger partial charge in [-0.15, -0.1) is 0 Å². The topological polar surface area (TPSA) is 66.0 Å². The first kappa shape index (κ1) is 20.8. The highest BCUT2D eigenvalue weighted by Gasteiger charge is 2.23. The molecule has 1 saturated heterocycles. The van der Waals surface area contributed by atoms with Crippen LogP contribution in [-0.2, 0) is 11.2 Å². The molecule has 1 fully saturated rings. The van der Waals surface area contributed by atoms with E-state index in [0.717, 1.165) is 46.8 Å². The van der Waals surface area contributed by atoms with Crippen LogP contribution in [0.1, 0.15) is 25.3 Å². The smallest absolute Gasteiger partial charge is 0.409 e. The SMILES string of the molecule is CCOC(=O)N1CCC(NC(=NC)NCCc2cc(Cl)ccc2Br)CC1. The van der Waals surface area contributed by atoms with E-state index in [2.05, 4.69) is 31.6 Å². The lowest BCUT2D eigenvalue weighted by molar-refractivity contribution is 0.0963. The number of likely N-dealkylation sites (tertiary alicyclic amines) is 1. The normalized spacial score (nSPS) is 15.7. The van der Waals surface area contributed by atoms with Crippen molar-refractivity contribution in [3.8, 4) is 0 Å². The van der Waals surface area contributed by atoms with Gasteiger partial charge in [-0.1, -0.05) is 27.5 Å². The van der Waals surface area contributed by atoms with Gasteiger partial charge in [0.05, 0.1) is 6.61 Å². The van der Waals surface area contributed by atoms with E-state index >= 15 is 0 Å². The number of ether oxygens (including phenoxy) is 1. The van der Waals surface area contributed by atoms with Gasteiger partial charge in [-0.3, -0.25) is 4.99 Å². The molecule has 2 N–H and O–H groups in total. The predicted molar refractivity (Wildman–Crippen MR) is 109 cm³/mol. The van der Waals surface area contributed by atoms with Gasteiger partial charge in [0.2, 0.25) is 0 Å². The molecule has 0 radical (unpaired) electrons. The maximum absolute atomic E-state index is 11.7. The summed E-state index contributed by atoms with van der Waals surface area (Å²) in [5, 5.41) is 7.50. The second-order valence-electron chi connectivity index (χ2n) is 6.09. The summed E-state index contributed by atoms with van der Waals surface area (Å²) in [5.74, 6) is 0.776. The molecule has 0 unspecified atom stereocenters. The first-order valence-electron chi connectivity index (χ1n) is 8.86. The van der Waals surface area contributed by atoms with Crippen molar-refractivity contribution in [3.63, 3.8) is 0 Å². The number of carbonyl (C=O) groups excluding carboxylic acids is 1. The van der Waals surface area contributed by atoms with Crippen LogP contribution in [0, 0.1) is 0 Å². The molecule has 2 rings (SSSR count). The van der Waals surface area contributed by atoms with Gasteiger partial charge in [-0.05, 0) is 49.9 Å². The zero-order valence-electron chi connectivity index (χ0n) is 15.2. The van der Waals surface area contributed by atoms with Crippen molar-refractivity contribution in [2.75, 3.05) is 33.3 Å². The number of halogens is 2. The summed E-state index contributed by atoms with van der Waals surface area (Å²) in [6, 6.07) is 6.09. The Morgan fingerprint density at radius 1 is 1.42 bits per heavy atom. The molecule has 1 heterocycles. The molecule has 0 spiro atoms. The Morgan fingerprint density at radius 2 is 2.15 bits per heavy atom. The van der Waals surface area contributed by atoms with E-state index in [4.69, 9.17) is 16.3 Å². The number of hydrogen-bond acceptors (Lipinski definition) is 3. The number of aliphatic imine (C=N–C) groups is 1. The largest absolute Gasteiger partial charge is 0.450 e. The van der Waals surface area contributed by atoms with Crippen LogP contribution >= 0.6 is 27.5 Å². The molecular weight excluding hydrogens is 420 g/mol. The molecular formula is C18H26BrClN4O2. The van der Waals surface area contributed by atoms with Gasteiger partial charge in [0.1, 0.15) is 0 Å². The van der Waals surface area contributed by atoms with Crippen LogP contribution in [-0.4, -0.2) is 56.3 Å². The van der Waals surface area contributed by atoms with Crippen molar-refractivity contribution in [2.45, 2.75) is 32.2 Å². The average Bonchev–Trinajstić information content (AvgIpc) is 2.64. The molecule has 1 aromatic carbocycles. The summed E-state index contributed by atoms with van der Waals surface area (Å²) in [7, 11) is 1.76. The van der Waals surface area contributed by atoms with E-state index in [0.29, 0.717) is 25.7 Å². The van der Waals surface area contributed by atoms with Gasteiger partial charge >= 0.3 is 6.09 Å². The first-order chi connectivity index (χ1) is 12.5. The van der Waals surface area contributed by atoms with Crippen LogP contribution in [0.3, 0.4) is 0 Å². The lowest BCUT2D eigenvalue weighted by atomic mass is 10.1. The summed E-state index contributed by atoms with van der Waals surface area (Å²) in [6.45, 7) is 4.38. The number of carbonyl (C=O) groups is 1. The molecule has 26 heavy (non-hydrogen) atoms. The Morgan fingerprint density at radius 3 is 2.81 bits per heavy atom. The van der Waals surface area contributed by atoms with Crippen molar-refractivity contribution >= 4 is 39.6 Å². The summed E-state index contributed by atoms with van der Waals surface area (Å²) in [5.41, 5.74) is 1.16. The fourth-order valence-corrected chi connectivity index (χ4v) is 3.50. The van der Waals surface area contributed by atoms with Gasteiger partial charge in [0.15, 0.2) is 5.96 Å². The Balaban J connectivity index is 1.75. The van der Waals surface area contributed by atoms with Crippen molar-refractivity contribution < 1.29 is 9.53 Å². The molecule has 1 aromatic rings. The highest BCUT2D eigenvalue weighted by Crippen LogP contribution is 2.21. The number of benzene rings is 1. The van der Waals surface area contributed by atoms with E-state index in [1.165, 1.54) is 0 Å². The predicted octanol–water partition coefficient (Wildman–Crippen LogP) is 3.43. The number of nitrogens with one attached hydrogen (secondary N) is 2. The van der Waals surface area contributed by atoms with Crippen LogP contribution in [0.4, 0.5) is 4.79 Å². The number of guanidine groups is 1. The lowest BCUT2D eigenvalue weighted by Gasteiger charge is -2.32. The minimum atomic E-state index is -0.222. The molecule has 0 saturated carbocycles. The van der Waals surface area contributed by atoms with Gasteiger partial charge < -0.3 is 20.3 Å². The zero-order valence-corrected chi connectivity index (χ0v) is 17.6. The second-order valence-corrected chi connectivity index (χ2v) is 7.38. The van der Waals surface area contributed by atoms with Crippen molar-refractivity contribution in [3.05, 3.63) is 33.3 Å². The lowest BCUT2D eigenvalue weighted by Crippen LogP contribution is -2.50. The molecule has 1 aliphatic rings. The van der Waals surface area contributed by atoms with E-state index in [9.17, 15) is 4.79 Å². The monoisotopic (exact) mass is 444 g/mol. The number of rotatable bonds is 5. The molecule has 1 amide bonds. The Labute approximate surface area is 168 Å². The zero-order chi connectivity index (χ0) is 18.9.